The maximum atomic E-state index is 12.1. The normalized spacial score (nSPS) is 19.6. The summed E-state index contributed by atoms with van der Waals surface area (Å²) >= 11 is 0. The number of hydrogen-bond donors (Lipinski definition) is 1. The molecule has 1 aliphatic heterocycles. The van der Waals surface area contributed by atoms with E-state index in [4.69, 9.17) is 14.9 Å². The van der Waals surface area contributed by atoms with Crippen LogP contribution in [0.3, 0.4) is 0 Å². The third-order valence-electron chi connectivity index (χ3n) is 4.94. The van der Waals surface area contributed by atoms with Crippen molar-refractivity contribution in [2.24, 2.45) is 5.73 Å². The molecular weight excluding hydrogens is 308 g/mol. The predicted molar refractivity (Wildman–Crippen MR) is 97.1 cm³/mol. The second kappa shape index (κ2) is 6.73. The summed E-state index contributed by atoms with van der Waals surface area (Å²) in [7, 11) is -1.79. The van der Waals surface area contributed by atoms with Gasteiger partial charge in [-0.25, -0.2) is 4.79 Å². The van der Waals surface area contributed by atoms with Crippen molar-refractivity contribution in [3.63, 3.8) is 0 Å². The van der Waals surface area contributed by atoms with Gasteiger partial charge in [0.1, 0.15) is 5.60 Å². The van der Waals surface area contributed by atoms with Crippen molar-refractivity contribution in [2.75, 3.05) is 19.7 Å². The molecule has 0 bridgehead atoms. The van der Waals surface area contributed by atoms with Gasteiger partial charge in [0.25, 0.3) is 0 Å². The summed E-state index contributed by atoms with van der Waals surface area (Å²) in [6, 6.07) is 0. The van der Waals surface area contributed by atoms with Crippen molar-refractivity contribution in [3.8, 4) is 0 Å². The number of nitrogens with two attached hydrogens (primary N) is 1. The predicted octanol–water partition coefficient (Wildman–Crippen LogP) is 3.74. The van der Waals surface area contributed by atoms with Gasteiger partial charge in [0.05, 0.1) is 6.61 Å². The quantitative estimate of drug-likeness (QED) is 0.792. The van der Waals surface area contributed by atoms with Crippen LogP contribution in [0.25, 0.3) is 0 Å². The second-order valence-corrected chi connectivity index (χ2v) is 14.2. The van der Waals surface area contributed by atoms with Gasteiger partial charge in [-0.05, 0) is 51.7 Å². The zero-order chi connectivity index (χ0) is 18.1. The van der Waals surface area contributed by atoms with E-state index < -0.39 is 13.9 Å². The average Bonchev–Trinajstić information content (AvgIpc) is 2.34. The average molecular weight is 345 g/mol. The standard InChI is InChI=1S/C17H36N2O3Si/c1-15(2,3)22-14(20)19-11-9-17(18,10-12-19)13-21-23(7,8)16(4,5)6/h9-13,18H2,1-8H3. The van der Waals surface area contributed by atoms with Gasteiger partial charge in [-0.3, -0.25) is 0 Å². The number of nitrogens with zero attached hydrogens (tertiary/aromatic N) is 1. The van der Waals surface area contributed by atoms with Crippen molar-refractivity contribution < 1.29 is 14.0 Å². The Kier molecular flexibility index (Phi) is 5.98. The van der Waals surface area contributed by atoms with Gasteiger partial charge < -0.3 is 19.8 Å². The highest BCUT2D eigenvalue weighted by atomic mass is 28.4. The maximum Gasteiger partial charge on any atom is 0.410 e. The molecule has 0 atom stereocenters. The largest absolute Gasteiger partial charge is 0.444 e. The maximum absolute atomic E-state index is 12.1. The Morgan fingerprint density at radius 3 is 2.00 bits per heavy atom. The van der Waals surface area contributed by atoms with Crippen LogP contribution in [0.2, 0.25) is 18.1 Å². The summed E-state index contributed by atoms with van der Waals surface area (Å²) in [5.74, 6) is 0. The van der Waals surface area contributed by atoms with Crippen molar-refractivity contribution in [3.05, 3.63) is 0 Å². The van der Waals surface area contributed by atoms with E-state index in [0.29, 0.717) is 19.7 Å². The molecule has 2 N–H and O–H groups in total. The third kappa shape index (κ3) is 6.08. The molecule has 1 rings (SSSR count). The van der Waals surface area contributed by atoms with Crippen LogP contribution in [-0.2, 0) is 9.16 Å². The summed E-state index contributed by atoms with van der Waals surface area (Å²) in [5, 5.41) is 0.181. The molecule has 0 spiro atoms. The molecule has 1 aliphatic rings. The molecule has 1 heterocycles. The topological polar surface area (TPSA) is 64.8 Å². The van der Waals surface area contributed by atoms with E-state index in [1.165, 1.54) is 0 Å². The molecule has 23 heavy (non-hydrogen) atoms. The lowest BCUT2D eigenvalue weighted by Crippen LogP contribution is -2.57. The zero-order valence-corrected chi connectivity index (χ0v) is 17.3. The molecule has 136 valence electrons. The smallest absolute Gasteiger partial charge is 0.410 e. The highest BCUT2D eigenvalue weighted by Gasteiger charge is 2.41. The molecule has 1 amide bonds. The third-order valence-corrected chi connectivity index (χ3v) is 9.42. The van der Waals surface area contributed by atoms with E-state index in [1.807, 2.05) is 20.8 Å². The van der Waals surface area contributed by atoms with Crippen LogP contribution in [0.5, 0.6) is 0 Å². The SMILES string of the molecule is CC(C)(C)OC(=O)N1CCC(N)(CO[Si](C)(C)C(C)(C)C)CC1. The van der Waals surface area contributed by atoms with E-state index in [0.717, 1.165) is 12.8 Å². The van der Waals surface area contributed by atoms with Gasteiger partial charge in [0.15, 0.2) is 8.32 Å². The van der Waals surface area contributed by atoms with Crippen LogP contribution in [0.4, 0.5) is 4.79 Å². The first-order valence-corrected chi connectivity index (χ1v) is 11.5. The molecule has 0 aromatic carbocycles. The Labute approximate surface area is 143 Å². The lowest BCUT2D eigenvalue weighted by atomic mass is 9.90. The fourth-order valence-corrected chi connectivity index (χ4v) is 3.23. The zero-order valence-electron chi connectivity index (χ0n) is 16.3. The summed E-state index contributed by atoms with van der Waals surface area (Å²) in [4.78, 5) is 13.9. The molecule has 1 fully saturated rings. The molecule has 1 saturated heterocycles. The Bertz CT molecular complexity index is 417. The van der Waals surface area contributed by atoms with Crippen molar-refractivity contribution in [1.82, 2.24) is 4.90 Å². The van der Waals surface area contributed by atoms with Gasteiger partial charge in [-0.2, -0.15) is 0 Å². The summed E-state index contributed by atoms with van der Waals surface area (Å²) in [5.41, 5.74) is 5.72. The number of ether oxygens (including phenoxy) is 1. The fourth-order valence-electron chi connectivity index (χ4n) is 2.15. The Morgan fingerprint density at radius 1 is 1.13 bits per heavy atom. The van der Waals surface area contributed by atoms with Crippen LogP contribution in [-0.4, -0.2) is 50.1 Å². The van der Waals surface area contributed by atoms with Gasteiger partial charge in [-0.15, -0.1) is 0 Å². The van der Waals surface area contributed by atoms with Crippen LogP contribution >= 0.6 is 0 Å². The van der Waals surface area contributed by atoms with Crippen molar-refractivity contribution in [2.45, 2.75) is 83.7 Å². The second-order valence-electron chi connectivity index (χ2n) is 9.38. The number of amides is 1. The highest BCUT2D eigenvalue weighted by Crippen LogP contribution is 2.37. The first kappa shape index (κ1) is 20.5. The fraction of sp³-hybridized carbons (Fsp3) is 0.941. The lowest BCUT2D eigenvalue weighted by molar-refractivity contribution is 0.0137. The molecule has 0 aliphatic carbocycles. The first-order valence-electron chi connectivity index (χ1n) is 8.56. The minimum Gasteiger partial charge on any atom is -0.444 e. The Hall–Kier alpha value is -0.593. The number of rotatable bonds is 3. The molecule has 0 unspecified atom stereocenters. The van der Waals surface area contributed by atoms with Gasteiger partial charge in [-0.1, -0.05) is 20.8 Å². The molecule has 6 heteroatoms. The monoisotopic (exact) mass is 344 g/mol. The first-order chi connectivity index (χ1) is 10.2. The molecule has 0 aromatic heterocycles. The van der Waals surface area contributed by atoms with E-state index in [1.54, 1.807) is 4.90 Å². The summed E-state index contributed by atoms with van der Waals surface area (Å²) in [6.07, 6.45) is 1.26. The van der Waals surface area contributed by atoms with Crippen LogP contribution in [0.1, 0.15) is 54.4 Å². The number of likely N-dealkylation sites (tertiary alicyclic amines) is 1. The minimum absolute atomic E-state index is 0.181. The highest BCUT2D eigenvalue weighted by molar-refractivity contribution is 6.74. The van der Waals surface area contributed by atoms with Crippen LogP contribution < -0.4 is 5.73 Å². The van der Waals surface area contributed by atoms with Gasteiger partial charge in [0, 0.05) is 18.6 Å². The van der Waals surface area contributed by atoms with Gasteiger partial charge >= 0.3 is 6.09 Å². The van der Waals surface area contributed by atoms with E-state index in [9.17, 15) is 4.79 Å². The van der Waals surface area contributed by atoms with Crippen molar-refractivity contribution >= 4 is 14.4 Å². The van der Waals surface area contributed by atoms with Crippen LogP contribution in [0, 0.1) is 0 Å². The summed E-state index contributed by atoms with van der Waals surface area (Å²) < 4.78 is 11.7. The van der Waals surface area contributed by atoms with Crippen molar-refractivity contribution in [1.29, 1.82) is 0 Å². The molecule has 5 nitrogen and oxygen atoms in total. The summed E-state index contributed by atoms with van der Waals surface area (Å²) in [6.45, 7) is 18.7. The molecule has 0 radical (unpaired) electrons. The van der Waals surface area contributed by atoms with E-state index in [2.05, 4.69) is 33.9 Å². The molecular formula is C17H36N2O3Si. The Balaban J connectivity index is 2.53. The van der Waals surface area contributed by atoms with Gasteiger partial charge in [0.2, 0.25) is 0 Å². The number of hydrogen-bond acceptors (Lipinski definition) is 4. The number of piperidine rings is 1. The lowest BCUT2D eigenvalue weighted by Gasteiger charge is -2.43. The molecule has 0 aromatic rings. The number of carbonyl (C=O) groups excluding carboxylic acids is 1. The number of carbonyl (C=O) groups is 1. The minimum atomic E-state index is -1.79. The van der Waals surface area contributed by atoms with Crippen LogP contribution in [0.15, 0.2) is 0 Å². The Morgan fingerprint density at radius 2 is 1.61 bits per heavy atom. The van der Waals surface area contributed by atoms with E-state index >= 15 is 0 Å². The van der Waals surface area contributed by atoms with E-state index in [-0.39, 0.29) is 16.7 Å². The molecule has 0 saturated carbocycles.